The molecule has 1 heterocycles. The predicted octanol–water partition coefficient (Wildman–Crippen LogP) is 1.01. The molecule has 0 aliphatic heterocycles. The molecule has 116 valence electrons. The van der Waals surface area contributed by atoms with Gasteiger partial charge < -0.3 is 10.5 Å². The largest absolute Gasteiger partial charge is 0.448 e. The molecule has 0 unspecified atom stereocenters. The zero-order valence-corrected chi connectivity index (χ0v) is 12.6. The van der Waals surface area contributed by atoms with Crippen LogP contribution in [0.25, 0.3) is 10.8 Å². The van der Waals surface area contributed by atoms with E-state index in [1.165, 1.54) is 11.6 Å². The number of nitrogens with two attached hydrogens (primary N) is 1. The van der Waals surface area contributed by atoms with Crippen LogP contribution in [0.2, 0.25) is 0 Å². The molecule has 0 spiro atoms. The Morgan fingerprint density at radius 1 is 1.18 bits per heavy atom. The van der Waals surface area contributed by atoms with Gasteiger partial charge in [-0.05, 0) is 26.8 Å². The first kappa shape index (κ1) is 15.7. The lowest BCUT2D eigenvalue weighted by Crippen LogP contribution is -2.32. The molecule has 1 amide bonds. The van der Waals surface area contributed by atoms with Crippen molar-refractivity contribution >= 4 is 22.6 Å². The summed E-state index contributed by atoms with van der Waals surface area (Å²) in [4.78, 5) is 35.6. The normalized spacial score (nSPS) is 12.4. The summed E-state index contributed by atoms with van der Waals surface area (Å²) in [5.41, 5.74) is 4.78. The summed E-state index contributed by atoms with van der Waals surface area (Å²) >= 11 is 0. The summed E-state index contributed by atoms with van der Waals surface area (Å²) in [6.07, 6.45) is -1.08. The third kappa shape index (κ3) is 2.83. The molecule has 1 atom stereocenters. The van der Waals surface area contributed by atoms with Crippen molar-refractivity contribution in [1.29, 1.82) is 0 Å². The Bertz CT molecular complexity index is 795. The van der Waals surface area contributed by atoms with Gasteiger partial charge in [0.15, 0.2) is 11.8 Å². The SMILES string of the molecule is CC(C)n1nc(C(=O)O[C@H](C)C(N)=O)c2ccccc2c1=O. The first-order valence-electron chi connectivity index (χ1n) is 6.84. The number of carbonyl (C=O) groups is 2. The average Bonchev–Trinajstić information content (AvgIpc) is 2.47. The van der Waals surface area contributed by atoms with Crippen LogP contribution in [0, 0.1) is 0 Å². The maximum Gasteiger partial charge on any atom is 0.360 e. The fourth-order valence-corrected chi connectivity index (χ4v) is 1.98. The number of hydrogen-bond acceptors (Lipinski definition) is 5. The summed E-state index contributed by atoms with van der Waals surface area (Å²) in [6, 6.07) is 6.40. The van der Waals surface area contributed by atoms with Crippen molar-refractivity contribution in [3.05, 3.63) is 40.3 Å². The Morgan fingerprint density at radius 2 is 1.77 bits per heavy atom. The van der Waals surface area contributed by atoms with Gasteiger partial charge in [-0.15, -0.1) is 0 Å². The molecule has 1 aromatic carbocycles. The van der Waals surface area contributed by atoms with E-state index < -0.39 is 18.0 Å². The number of ether oxygens (including phenoxy) is 1. The lowest BCUT2D eigenvalue weighted by atomic mass is 10.1. The topological polar surface area (TPSA) is 104 Å². The van der Waals surface area contributed by atoms with Crippen LogP contribution >= 0.6 is 0 Å². The summed E-state index contributed by atoms with van der Waals surface area (Å²) < 4.78 is 6.21. The van der Waals surface area contributed by atoms with Gasteiger partial charge in [0, 0.05) is 5.39 Å². The van der Waals surface area contributed by atoms with Crippen LogP contribution in [-0.2, 0) is 9.53 Å². The molecule has 2 rings (SSSR count). The van der Waals surface area contributed by atoms with Gasteiger partial charge in [0.05, 0.1) is 11.4 Å². The number of amides is 1. The van der Waals surface area contributed by atoms with Gasteiger partial charge in [-0.1, -0.05) is 18.2 Å². The van der Waals surface area contributed by atoms with Crippen LogP contribution in [0.15, 0.2) is 29.1 Å². The molecule has 0 aliphatic rings. The minimum atomic E-state index is -1.08. The van der Waals surface area contributed by atoms with Crippen LogP contribution in [0.5, 0.6) is 0 Å². The number of esters is 1. The van der Waals surface area contributed by atoms with Gasteiger partial charge in [-0.3, -0.25) is 9.59 Å². The fourth-order valence-electron chi connectivity index (χ4n) is 1.98. The molecular formula is C15H17N3O4. The Kier molecular flexibility index (Phi) is 4.25. The third-order valence-electron chi connectivity index (χ3n) is 3.20. The molecule has 0 saturated carbocycles. The molecule has 2 N–H and O–H groups in total. The number of carbonyl (C=O) groups excluding carboxylic acids is 2. The van der Waals surface area contributed by atoms with E-state index in [1.807, 2.05) is 0 Å². The zero-order valence-electron chi connectivity index (χ0n) is 12.6. The van der Waals surface area contributed by atoms with Crippen LogP contribution in [0.4, 0.5) is 0 Å². The van der Waals surface area contributed by atoms with E-state index in [2.05, 4.69) is 5.10 Å². The van der Waals surface area contributed by atoms with Crippen LogP contribution in [-0.4, -0.2) is 27.8 Å². The molecule has 0 aliphatic carbocycles. The first-order chi connectivity index (χ1) is 10.3. The Morgan fingerprint density at radius 3 is 2.32 bits per heavy atom. The molecule has 2 aromatic rings. The highest BCUT2D eigenvalue weighted by molar-refractivity contribution is 6.02. The highest BCUT2D eigenvalue weighted by atomic mass is 16.5. The highest BCUT2D eigenvalue weighted by Crippen LogP contribution is 2.16. The first-order valence-corrected chi connectivity index (χ1v) is 6.84. The number of fused-ring (bicyclic) bond motifs is 1. The van der Waals surface area contributed by atoms with Crippen molar-refractivity contribution < 1.29 is 14.3 Å². The third-order valence-corrected chi connectivity index (χ3v) is 3.20. The predicted molar refractivity (Wildman–Crippen MR) is 80.5 cm³/mol. The van der Waals surface area contributed by atoms with E-state index in [-0.39, 0.29) is 17.3 Å². The van der Waals surface area contributed by atoms with Crippen molar-refractivity contribution in [1.82, 2.24) is 9.78 Å². The molecule has 0 bridgehead atoms. The van der Waals surface area contributed by atoms with Crippen molar-refractivity contribution in [3.8, 4) is 0 Å². The molecule has 0 saturated heterocycles. The van der Waals surface area contributed by atoms with Gasteiger partial charge in [0.1, 0.15) is 0 Å². The Hall–Kier alpha value is -2.70. The second-order valence-electron chi connectivity index (χ2n) is 5.19. The van der Waals surface area contributed by atoms with Crippen molar-refractivity contribution in [2.24, 2.45) is 5.73 Å². The Balaban J connectivity index is 2.62. The van der Waals surface area contributed by atoms with Crippen LogP contribution in [0.3, 0.4) is 0 Å². The molecule has 1 aromatic heterocycles. The molecular weight excluding hydrogens is 286 g/mol. The van der Waals surface area contributed by atoms with Gasteiger partial charge in [-0.2, -0.15) is 5.10 Å². The van der Waals surface area contributed by atoms with Crippen molar-refractivity contribution in [2.75, 3.05) is 0 Å². The van der Waals surface area contributed by atoms with Crippen molar-refractivity contribution in [2.45, 2.75) is 32.9 Å². The number of primary amides is 1. The number of benzene rings is 1. The van der Waals surface area contributed by atoms with E-state index in [1.54, 1.807) is 38.1 Å². The second-order valence-corrected chi connectivity index (χ2v) is 5.19. The second kappa shape index (κ2) is 5.97. The van der Waals surface area contributed by atoms with E-state index in [9.17, 15) is 14.4 Å². The number of nitrogens with zero attached hydrogens (tertiary/aromatic N) is 2. The lowest BCUT2D eigenvalue weighted by Gasteiger charge is -2.14. The fraction of sp³-hybridized carbons (Fsp3) is 0.333. The van der Waals surface area contributed by atoms with E-state index >= 15 is 0 Å². The summed E-state index contributed by atoms with van der Waals surface area (Å²) in [5.74, 6) is -1.55. The van der Waals surface area contributed by atoms with E-state index in [0.717, 1.165) is 0 Å². The molecule has 7 nitrogen and oxygen atoms in total. The van der Waals surface area contributed by atoms with Gasteiger partial charge in [0.25, 0.3) is 11.5 Å². The highest BCUT2D eigenvalue weighted by Gasteiger charge is 2.22. The van der Waals surface area contributed by atoms with E-state index in [0.29, 0.717) is 10.8 Å². The maximum atomic E-state index is 12.3. The summed E-state index contributed by atoms with van der Waals surface area (Å²) in [5, 5.41) is 4.84. The van der Waals surface area contributed by atoms with Crippen molar-refractivity contribution in [3.63, 3.8) is 0 Å². The summed E-state index contributed by atoms with van der Waals surface area (Å²) in [7, 11) is 0. The number of hydrogen-bond donors (Lipinski definition) is 1. The van der Waals surface area contributed by atoms with Crippen LogP contribution in [0.1, 0.15) is 37.3 Å². The lowest BCUT2D eigenvalue weighted by molar-refractivity contribution is -0.125. The standard InChI is InChI=1S/C15H17N3O4/c1-8(2)18-14(20)11-7-5-4-6-10(11)12(17-18)15(21)22-9(3)13(16)19/h4-9H,1-3H3,(H2,16,19)/t9-/m1/s1. The molecule has 0 radical (unpaired) electrons. The van der Waals surface area contributed by atoms with Gasteiger partial charge >= 0.3 is 5.97 Å². The van der Waals surface area contributed by atoms with Crippen LogP contribution < -0.4 is 11.3 Å². The monoisotopic (exact) mass is 303 g/mol. The Labute approximate surface area is 126 Å². The molecule has 7 heteroatoms. The summed E-state index contributed by atoms with van der Waals surface area (Å²) in [6.45, 7) is 4.94. The van der Waals surface area contributed by atoms with E-state index in [4.69, 9.17) is 10.5 Å². The minimum Gasteiger partial charge on any atom is -0.448 e. The average molecular weight is 303 g/mol. The smallest absolute Gasteiger partial charge is 0.360 e. The minimum absolute atomic E-state index is 0.0167. The van der Waals surface area contributed by atoms with Gasteiger partial charge in [-0.25, -0.2) is 9.48 Å². The zero-order chi connectivity index (χ0) is 16.4. The maximum absolute atomic E-state index is 12.3. The molecule has 22 heavy (non-hydrogen) atoms. The number of rotatable bonds is 4. The number of aromatic nitrogens is 2. The molecule has 0 fully saturated rings. The van der Waals surface area contributed by atoms with Gasteiger partial charge in [0.2, 0.25) is 0 Å². The quantitative estimate of drug-likeness (QED) is 0.849.